The van der Waals surface area contributed by atoms with Crippen LogP contribution >= 0.6 is 11.6 Å². The van der Waals surface area contributed by atoms with E-state index >= 15 is 0 Å². The van der Waals surface area contributed by atoms with Crippen LogP contribution in [0.25, 0.3) is 0 Å². The zero-order valence-corrected chi connectivity index (χ0v) is 13.5. The minimum atomic E-state index is -0.246. The van der Waals surface area contributed by atoms with Gasteiger partial charge in [0.15, 0.2) is 0 Å². The maximum absolute atomic E-state index is 14.1. The van der Waals surface area contributed by atoms with Gasteiger partial charge in [-0.25, -0.2) is 4.39 Å². The molecule has 21 heavy (non-hydrogen) atoms. The predicted octanol–water partition coefficient (Wildman–Crippen LogP) is 2.93. The van der Waals surface area contributed by atoms with Gasteiger partial charge in [0.1, 0.15) is 5.82 Å². The minimum Gasteiger partial charge on any atom is -0.396 e. The second-order valence-electron chi connectivity index (χ2n) is 5.86. The molecular weight excluding hydrogens is 291 g/mol. The zero-order chi connectivity index (χ0) is 15.4. The zero-order valence-electron chi connectivity index (χ0n) is 12.7. The van der Waals surface area contributed by atoms with Crippen molar-refractivity contribution in [3.05, 3.63) is 34.6 Å². The lowest BCUT2D eigenvalue weighted by molar-refractivity contribution is 0.0662. The van der Waals surface area contributed by atoms with Crippen LogP contribution in [-0.4, -0.2) is 53.7 Å². The molecule has 5 heteroatoms. The van der Waals surface area contributed by atoms with Crippen LogP contribution in [0.1, 0.15) is 31.9 Å². The lowest BCUT2D eigenvalue weighted by Gasteiger charge is -2.41. The van der Waals surface area contributed by atoms with Gasteiger partial charge in [0.05, 0.1) is 0 Å². The fraction of sp³-hybridized carbons (Fsp3) is 0.625. The number of rotatable bonds is 5. The highest BCUT2D eigenvalue weighted by molar-refractivity contribution is 6.30. The van der Waals surface area contributed by atoms with E-state index in [0.29, 0.717) is 23.0 Å². The summed E-state index contributed by atoms with van der Waals surface area (Å²) in [5, 5.41) is 9.87. The number of piperazine rings is 1. The van der Waals surface area contributed by atoms with Gasteiger partial charge in [0, 0.05) is 55.5 Å². The lowest BCUT2D eigenvalue weighted by Crippen LogP contribution is -2.50. The minimum absolute atomic E-state index is 0.0427. The van der Waals surface area contributed by atoms with Crippen LogP contribution in [0.4, 0.5) is 4.39 Å². The van der Waals surface area contributed by atoms with Crippen molar-refractivity contribution in [3.63, 3.8) is 0 Å². The van der Waals surface area contributed by atoms with Crippen LogP contribution in [0.5, 0.6) is 0 Å². The van der Waals surface area contributed by atoms with Crippen molar-refractivity contribution < 1.29 is 9.50 Å². The van der Waals surface area contributed by atoms with Crippen LogP contribution in [0.3, 0.4) is 0 Å². The van der Waals surface area contributed by atoms with Crippen LogP contribution in [0.15, 0.2) is 18.2 Å². The Morgan fingerprint density at radius 2 is 1.81 bits per heavy atom. The van der Waals surface area contributed by atoms with Gasteiger partial charge in [-0.2, -0.15) is 0 Å². The summed E-state index contributed by atoms with van der Waals surface area (Å²) >= 11 is 6.01. The van der Waals surface area contributed by atoms with Gasteiger partial charge in [-0.05, 0) is 38.5 Å². The summed E-state index contributed by atoms with van der Waals surface area (Å²) in [6.45, 7) is 8.14. The van der Waals surface area contributed by atoms with Gasteiger partial charge in [0.2, 0.25) is 0 Å². The summed E-state index contributed by atoms with van der Waals surface area (Å²) < 4.78 is 14.1. The Balaban J connectivity index is 2.14. The molecule has 1 N–H and O–H groups in total. The highest BCUT2D eigenvalue weighted by atomic mass is 35.5. The molecule has 1 aromatic carbocycles. The number of aliphatic hydroxyl groups excluding tert-OH is 1. The molecule has 1 aliphatic rings. The summed E-state index contributed by atoms with van der Waals surface area (Å²) in [5.41, 5.74) is 0.592. The molecule has 0 radical (unpaired) electrons. The first kappa shape index (κ1) is 16.7. The molecule has 0 bridgehead atoms. The fourth-order valence-corrected chi connectivity index (χ4v) is 3.17. The SMILES string of the molecule is CC(C)N1CCN(C(CCO)c2cc(Cl)ccc2F)CC1. The Morgan fingerprint density at radius 3 is 2.38 bits per heavy atom. The third-order valence-corrected chi connectivity index (χ3v) is 4.47. The summed E-state index contributed by atoms with van der Waals surface area (Å²) in [4.78, 5) is 4.67. The molecular formula is C16H24ClFN2O. The average molecular weight is 315 g/mol. The van der Waals surface area contributed by atoms with E-state index in [1.165, 1.54) is 6.07 Å². The number of hydrogen-bond donors (Lipinski definition) is 1. The van der Waals surface area contributed by atoms with Crippen molar-refractivity contribution in [2.45, 2.75) is 32.4 Å². The quantitative estimate of drug-likeness (QED) is 0.905. The number of halogens is 2. The monoisotopic (exact) mass is 314 g/mol. The van der Waals surface area contributed by atoms with Crippen LogP contribution < -0.4 is 0 Å². The van der Waals surface area contributed by atoms with E-state index in [9.17, 15) is 9.50 Å². The predicted molar refractivity (Wildman–Crippen MR) is 84.1 cm³/mol. The average Bonchev–Trinajstić information content (AvgIpc) is 2.48. The molecule has 0 amide bonds. The van der Waals surface area contributed by atoms with Crippen LogP contribution in [-0.2, 0) is 0 Å². The smallest absolute Gasteiger partial charge is 0.128 e. The molecule has 1 aliphatic heterocycles. The molecule has 0 aromatic heterocycles. The summed E-state index contributed by atoms with van der Waals surface area (Å²) in [7, 11) is 0. The lowest BCUT2D eigenvalue weighted by atomic mass is 10.0. The Labute approximate surface area is 131 Å². The number of nitrogens with zero attached hydrogens (tertiary/aromatic N) is 2. The van der Waals surface area contributed by atoms with Crippen LogP contribution in [0, 0.1) is 5.82 Å². The largest absolute Gasteiger partial charge is 0.396 e. The molecule has 1 atom stereocenters. The molecule has 2 rings (SSSR count). The van der Waals surface area contributed by atoms with Crippen LogP contribution in [0.2, 0.25) is 5.02 Å². The van der Waals surface area contributed by atoms with Crippen molar-refractivity contribution in [3.8, 4) is 0 Å². The maximum atomic E-state index is 14.1. The number of hydrogen-bond acceptors (Lipinski definition) is 3. The molecule has 1 fully saturated rings. The Kier molecular flexibility index (Phi) is 5.99. The van der Waals surface area contributed by atoms with E-state index in [2.05, 4.69) is 23.6 Å². The Bertz CT molecular complexity index is 462. The molecule has 0 saturated carbocycles. The number of aliphatic hydroxyl groups is 1. The number of benzene rings is 1. The summed E-state index contributed by atoms with van der Waals surface area (Å²) in [6, 6.07) is 5.08. The van der Waals surface area contributed by atoms with Crippen molar-refractivity contribution >= 4 is 11.6 Å². The molecule has 1 heterocycles. The van der Waals surface area contributed by atoms with Gasteiger partial charge in [-0.15, -0.1) is 0 Å². The maximum Gasteiger partial charge on any atom is 0.128 e. The highest BCUT2D eigenvalue weighted by Crippen LogP contribution is 2.29. The second kappa shape index (κ2) is 7.54. The van der Waals surface area contributed by atoms with E-state index < -0.39 is 0 Å². The topological polar surface area (TPSA) is 26.7 Å². The normalized spacial score (nSPS) is 19.1. The Hall–Kier alpha value is -0.680. The van der Waals surface area contributed by atoms with E-state index in [-0.39, 0.29) is 18.5 Å². The first-order chi connectivity index (χ1) is 10.0. The van der Waals surface area contributed by atoms with Crippen molar-refractivity contribution in [1.29, 1.82) is 0 Å². The second-order valence-corrected chi connectivity index (χ2v) is 6.30. The van der Waals surface area contributed by atoms with E-state index in [1.54, 1.807) is 12.1 Å². The summed E-state index contributed by atoms with van der Waals surface area (Å²) in [5.74, 6) is -0.246. The van der Waals surface area contributed by atoms with Gasteiger partial charge >= 0.3 is 0 Å². The molecule has 1 aromatic rings. The third kappa shape index (κ3) is 4.16. The molecule has 1 unspecified atom stereocenters. The molecule has 118 valence electrons. The molecule has 0 aliphatic carbocycles. The van der Waals surface area contributed by atoms with Crippen molar-refractivity contribution in [2.24, 2.45) is 0 Å². The summed E-state index contributed by atoms with van der Waals surface area (Å²) in [6.07, 6.45) is 0.527. The van der Waals surface area contributed by atoms with Gasteiger partial charge in [-0.1, -0.05) is 11.6 Å². The fourth-order valence-electron chi connectivity index (χ4n) is 2.99. The van der Waals surface area contributed by atoms with E-state index in [0.717, 1.165) is 26.2 Å². The van der Waals surface area contributed by atoms with Crippen molar-refractivity contribution in [2.75, 3.05) is 32.8 Å². The Morgan fingerprint density at radius 1 is 1.19 bits per heavy atom. The standard InChI is InChI=1S/C16H24ClFN2O/c1-12(2)19-6-8-20(9-7-19)16(5-10-21)14-11-13(17)3-4-15(14)18/h3-4,11-12,16,21H,5-10H2,1-2H3. The molecule has 3 nitrogen and oxygen atoms in total. The van der Waals surface area contributed by atoms with Gasteiger partial charge in [0.25, 0.3) is 0 Å². The van der Waals surface area contributed by atoms with Gasteiger partial charge in [-0.3, -0.25) is 9.80 Å². The van der Waals surface area contributed by atoms with E-state index in [1.807, 2.05) is 0 Å². The first-order valence-corrected chi connectivity index (χ1v) is 7.94. The molecule has 1 saturated heterocycles. The molecule has 0 spiro atoms. The van der Waals surface area contributed by atoms with E-state index in [4.69, 9.17) is 11.6 Å². The van der Waals surface area contributed by atoms with Crippen molar-refractivity contribution in [1.82, 2.24) is 9.80 Å². The highest BCUT2D eigenvalue weighted by Gasteiger charge is 2.27. The third-order valence-electron chi connectivity index (χ3n) is 4.24. The first-order valence-electron chi connectivity index (χ1n) is 7.57. The van der Waals surface area contributed by atoms with Gasteiger partial charge < -0.3 is 5.11 Å².